The van der Waals surface area contributed by atoms with E-state index in [4.69, 9.17) is 29.4 Å². The van der Waals surface area contributed by atoms with Gasteiger partial charge in [-0.05, 0) is 77.0 Å². The number of likely N-dealkylation sites (N-methyl/N-ethyl adjacent to an activating group) is 1. The molecule has 0 radical (unpaired) electrons. The number of esters is 2. The highest BCUT2D eigenvalue weighted by atomic mass is 32.2. The topological polar surface area (TPSA) is 192 Å². The van der Waals surface area contributed by atoms with Crippen LogP contribution in [0.3, 0.4) is 0 Å². The number of hydrogen-bond donors (Lipinski definition) is 4. The van der Waals surface area contributed by atoms with Crippen molar-refractivity contribution in [2.75, 3.05) is 53.3 Å². The predicted octanol–water partition coefficient (Wildman–Crippen LogP) is 10.7. The summed E-state index contributed by atoms with van der Waals surface area (Å²) in [5.74, 6) is -2.28. The number of allylic oxidation sites excluding steroid dienone is 15. The average Bonchev–Trinajstić information content (AvgIpc) is 3.26. The van der Waals surface area contributed by atoms with Gasteiger partial charge >= 0.3 is 25.7 Å². The van der Waals surface area contributed by atoms with Crippen LogP contribution in [0.5, 0.6) is 0 Å². The Bertz CT molecular complexity index is 1570. The van der Waals surface area contributed by atoms with Crippen LogP contribution in [0.15, 0.2) is 97.2 Å². The van der Waals surface area contributed by atoms with Gasteiger partial charge in [-0.2, -0.15) is 0 Å². The van der Waals surface area contributed by atoms with Gasteiger partial charge in [0, 0.05) is 23.8 Å². The molecule has 0 aliphatic carbocycles. The fourth-order valence-corrected chi connectivity index (χ4v) is 7.61. The highest BCUT2D eigenvalue weighted by Crippen LogP contribution is 2.43. The zero-order chi connectivity index (χ0) is 49.2. The van der Waals surface area contributed by atoms with Crippen molar-refractivity contribution in [3.05, 3.63) is 97.2 Å². The summed E-state index contributed by atoms with van der Waals surface area (Å²) in [4.78, 5) is 47.3. The number of phosphoric ester groups is 1. The van der Waals surface area contributed by atoms with Crippen molar-refractivity contribution in [1.29, 1.82) is 0 Å². The second-order valence-electron chi connectivity index (χ2n) is 17.0. The van der Waals surface area contributed by atoms with E-state index in [9.17, 15) is 28.9 Å². The molecule has 0 saturated carbocycles. The summed E-state index contributed by atoms with van der Waals surface area (Å²) in [6.45, 7) is 3.64. The van der Waals surface area contributed by atoms with Crippen LogP contribution in [0.2, 0.25) is 0 Å². The molecule has 0 aromatic heterocycles. The summed E-state index contributed by atoms with van der Waals surface area (Å²) < 4.78 is 34.4. The second-order valence-corrected chi connectivity index (χ2v) is 19.6. The minimum Gasteiger partial charge on any atom is -0.481 e. The third-order valence-corrected chi connectivity index (χ3v) is 12.0. The standard InChI is InChI=1S/C51H85N2O11PS/c1-6-8-10-12-14-16-18-20-21-22-23-24-26-28-30-32-34-39-50(57)64-45(43-63-65(59,60)62-41-40-53(3,4)5)42-61-51(58)46(52)44-66-48(47(54)36-35-38-49(55)56)37-33-31-29-27-25-19-17-15-13-11-9-7-2/h8,10,14-17,20-21,23-25,27,29,31,33,37,45-48,54H,6-7,9,11-13,18-19,22,26,28,30,32,34-36,38-44,52H2,1-5H3,(H-,55,56,59,60)/p+1/b10-8-,16-14-,17-15-,21-20-,24-23-,27-25-,31-29+,37-33+/t45-,46+,47+,48-/m1/s1. The molecule has 13 nitrogen and oxygen atoms in total. The molecular formula is C51H86N2O11PS+. The zero-order valence-electron chi connectivity index (χ0n) is 40.8. The lowest BCUT2D eigenvalue weighted by atomic mass is 10.1. The monoisotopic (exact) mass is 966 g/mol. The maximum Gasteiger partial charge on any atom is 0.472 e. The summed E-state index contributed by atoms with van der Waals surface area (Å²) in [7, 11) is 1.18. The molecular weight excluding hydrogens is 880 g/mol. The Morgan fingerprint density at radius 1 is 0.712 bits per heavy atom. The fraction of sp³-hybridized carbons (Fsp3) is 0.627. The van der Waals surface area contributed by atoms with Gasteiger partial charge in [0.1, 0.15) is 25.8 Å². The molecule has 5 atom stereocenters. The number of hydrogen-bond acceptors (Lipinski definition) is 11. The molecule has 0 aromatic rings. The van der Waals surface area contributed by atoms with Crippen LogP contribution in [0.4, 0.5) is 0 Å². The number of aliphatic carboxylic acids is 1. The van der Waals surface area contributed by atoms with E-state index < -0.39 is 62.4 Å². The second kappa shape index (κ2) is 41.8. The lowest BCUT2D eigenvalue weighted by molar-refractivity contribution is -0.870. The average molecular weight is 966 g/mol. The van der Waals surface area contributed by atoms with Gasteiger partial charge in [-0.15, -0.1) is 11.8 Å². The van der Waals surface area contributed by atoms with Crippen LogP contribution in [-0.4, -0.2) is 114 Å². The molecule has 0 fully saturated rings. The summed E-state index contributed by atoms with van der Waals surface area (Å²) in [6, 6.07) is -1.14. The van der Waals surface area contributed by atoms with Gasteiger partial charge < -0.3 is 34.8 Å². The van der Waals surface area contributed by atoms with E-state index in [0.29, 0.717) is 17.4 Å². The molecule has 0 rings (SSSR count). The van der Waals surface area contributed by atoms with Gasteiger partial charge in [-0.1, -0.05) is 137 Å². The maximum absolute atomic E-state index is 13.1. The first-order valence-electron chi connectivity index (χ1n) is 23.9. The summed E-state index contributed by atoms with van der Waals surface area (Å²) >= 11 is 1.22. The molecule has 15 heteroatoms. The highest BCUT2D eigenvalue weighted by Gasteiger charge is 2.28. The number of quaternary nitrogens is 1. The molecule has 5 N–H and O–H groups in total. The number of carbonyl (C=O) groups excluding carboxylic acids is 2. The number of nitrogens with two attached hydrogens (primary N) is 1. The number of thioether (sulfide) groups is 1. The van der Waals surface area contributed by atoms with Crippen LogP contribution >= 0.6 is 19.6 Å². The summed E-state index contributed by atoms with van der Waals surface area (Å²) in [5, 5.41) is 19.5. The molecule has 66 heavy (non-hydrogen) atoms. The van der Waals surface area contributed by atoms with E-state index in [1.165, 1.54) is 31.0 Å². The first-order chi connectivity index (χ1) is 31.6. The molecule has 0 aliphatic rings. The van der Waals surface area contributed by atoms with Crippen molar-refractivity contribution in [3.63, 3.8) is 0 Å². The third kappa shape index (κ3) is 42.1. The van der Waals surface area contributed by atoms with Gasteiger partial charge in [-0.3, -0.25) is 23.4 Å². The number of rotatable bonds is 42. The van der Waals surface area contributed by atoms with Crippen LogP contribution < -0.4 is 5.73 Å². The first-order valence-corrected chi connectivity index (χ1v) is 26.4. The molecule has 0 amide bonds. The van der Waals surface area contributed by atoms with Crippen molar-refractivity contribution in [3.8, 4) is 0 Å². The van der Waals surface area contributed by atoms with Crippen LogP contribution in [0.25, 0.3) is 0 Å². The Kier molecular flexibility index (Phi) is 39.7. The Morgan fingerprint density at radius 3 is 1.92 bits per heavy atom. The molecule has 0 heterocycles. The van der Waals surface area contributed by atoms with Crippen molar-refractivity contribution >= 4 is 37.5 Å². The van der Waals surface area contributed by atoms with Gasteiger partial charge in [0.05, 0.1) is 33.9 Å². The Balaban J connectivity index is 5.25. The number of unbranched alkanes of at least 4 members (excludes halogenated alkanes) is 7. The molecule has 376 valence electrons. The fourth-order valence-electron chi connectivity index (χ4n) is 5.74. The van der Waals surface area contributed by atoms with Gasteiger partial charge in [-0.25, -0.2) is 4.57 Å². The number of aliphatic hydroxyl groups is 1. The third-order valence-electron chi connectivity index (χ3n) is 9.59. The molecule has 0 spiro atoms. The minimum absolute atomic E-state index is 0.0489. The first kappa shape index (κ1) is 62.7. The Labute approximate surface area is 402 Å². The SMILES string of the molecule is CC/C=C\C/C=C\C/C=C\C/C=C\CCCCCCC(=O)O[C@H](COC(=O)[C@@H](N)CS[C@H](/C=C/C=C/C=C\C/C=C\CCCCC)[C@@H](O)CCCC(=O)O)COP(=O)(O)OCC[N+](C)(C)C. The summed E-state index contributed by atoms with van der Waals surface area (Å²) in [5.41, 5.74) is 6.21. The quantitative estimate of drug-likeness (QED) is 0.0113. The van der Waals surface area contributed by atoms with Crippen molar-refractivity contribution < 1.29 is 57.1 Å². The molecule has 0 aliphatic heterocycles. The lowest BCUT2D eigenvalue weighted by Gasteiger charge is -2.24. The van der Waals surface area contributed by atoms with E-state index >= 15 is 0 Å². The van der Waals surface area contributed by atoms with Crippen molar-refractivity contribution in [1.82, 2.24) is 0 Å². The van der Waals surface area contributed by atoms with E-state index in [0.717, 1.165) is 64.2 Å². The number of aliphatic hydroxyl groups excluding tert-OH is 1. The highest BCUT2D eigenvalue weighted by molar-refractivity contribution is 8.00. The largest absolute Gasteiger partial charge is 0.481 e. The lowest BCUT2D eigenvalue weighted by Crippen LogP contribution is -2.39. The normalized spacial score (nSPS) is 15.6. The number of carbonyl (C=O) groups is 3. The molecule has 0 saturated heterocycles. The Morgan fingerprint density at radius 2 is 1.30 bits per heavy atom. The molecule has 0 aromatic carbocycles. The van der Waals surface area contributed by atoms with Crippen molar-refractivity contribution in [2.24, 2.45) is 5.73 Å². The van der Waals surface area contributed by atoms with Crippen molar-refractivity contribution in [2.45, 2.75) is 153 Å². The van der Waals surface area contributed by atoms with Gasteiger partial charge in [0.15, 0.2) is 6.10 Å². The van der Waals surface area contributed by atoms with Crippen LogP contribution in [-0.2, 0) is 37.5 Å². The van der Waals surface area contributed by atoms with Crippen LogP contribution in [0.1, 0.15) is 129 Å². The Hall–Kier alpha value is -3.33. The van der Waals surface area contributed by atoms with Gasteiger partial charge in [0.25, 0.3) is 0 Å². The predicted molar refractivity (Wildman–Crippen MR) is 271 cm³/mol. The molecule has 1 unspecified atom stereocenters. The maximum atomic E-state index is 13.1. The minimum atomic E-state index is -4.53. The smallest absolute Gasteiger partial charge is 0.472 e. The number of ether oxygens (including phenoxy) is 2. The van der Waals surface area contributed by atoms with Crippen LogP contribution in [0, 0.1) is 0 Å². The van der Waals surface area contributed by atoms with E-state index in [1.807, 2.05) is 45.4 Å². The van der Waals surface area contributed by atoms with E-state index in [-0.39, 0.29) is 38.0 Å². The number of carboxylic acids is 1. The number of phosphoric acid groups is 1. The summed E-state index contributed by atoms with van der Waals surface area (Å²) in [6.07, 6.45) is 45.0. The van der Waals surface area contributed by atoms with Gasteiger partial charge in [0.2, 0.25) is 0 Å². The van der Waals surface area contributed by atoms with E-state index in [2.05, 4.69) is 74.6 Å². The number of carboxylic acid groups (broad SMARTS) is 1. The molecule has 0 bridgehead atoms. The van der Waals surface area contributed by atoms with E-state index in [1.54, 1.807) is 12.2 Å². The number of nitrogens with zero attached hydrogens (tertiary/aromatic N) is 1. The zero-order valence-corrected chi connectivity index (χ0v) is 42.5.